The van der Waals surface area contributed by atoms with Crippen molar-refractivity contribution in [2.24, 2.45) is 0 Å². The van der Waals surface area contributed by atoms with E-state index in [-0.39, 0.29) is 0 Å². The van der Waals surface area contributed by atoms with Gasteiger partial charge in [0, 0.05) is 9.26 Å². The fraction of sp³-hybridized carbons (Fsp3) is 0.455. The van der Waals surface area contributed by atoms with Crippen LogP contribution in [0.2, 0.25) is 0 Å². The van der Waals surface area contributed by atoms with Gasteiger partial charge in [0.2, 0.25) is 0 Å². The average molecular weight is 289 g/mol. The zero-order valence-electron chi connectivity index (χ0n) is 8.18. The molecule has 0 aromatic heterocycles. The number of nitrogen functional groups attached to an aromatic ring is 1. The molecule has 72 valence electrons. The Morgan fingerprint density at radius 2 is 1.92 bits per heavy atom. The third-order valence-electron chi connectivity index (χ3n) is 2.47. The quantitative estimate of drug-likeness (QED) is 0.665. The maximum atomic E-state index is 5.94. The van der Waals surface area contributed by atoms with Crippen molar-refractivity contribution in [3.05, 3.63) is 27.3 Å². The van der Waals surface area contributed by atoms with E-state index in [1.165, 1.54) is 22.0 Å². The molecule has 0 spiro atoms. The van der Waals surface area contributed by atoms with Gasteiger partial charge in [0.25, 0.3) is 0 Å². The van der Waals surface area contributed by atoms with Crippen LogP contribution in [0.1, 0.15) is 38.2 Å². The third kappa shape index (κ3) is 2.59. The van der Waals surface area contributed by atoms with Crippen molar-refractivity contribution >= 4 is 28.3 Å². The van der Waals surface area contributed by atoms with Gasteiger partial charge in [-0.1, -0.05) is 13.8 Å². The highest BCUT2D eigenvalue weighted by Crippen LogP contribution is 2.29. The summed E-state index contributed by atoms with van der Waals surface area (Å²) in [6, 6.07) is 6.27. The van der Waals surface area contributed by atoms with E-state index in [2.05, 4.69) is 48.6 Å². The Labute approximate surface area is 93.9 Å². The molecule has 13 heavy (non-hydrogen) atoms. The smallest absolute Gasteiger partial charge is 0.0350 e. The van der Waals surface area contributed by atoms with Crippen LogP contribution in [0.3, 0.4) is 0 Å². The van der Waals surface area contributed by atoms with E-state index in [4.69, 9.17) is 5.73 Å². The molecule has 0 radical (unpaired) electrons. The molecular formula is C11H16IN. The predicted octanol–water partition coefficient (Wildman–Crippen LogP) is 3.78. The molecule has 1 aromatic rings. The van der Waals surface area contributed by atoms with Crippen LogP contribution in [-0.2, 0) is 0 Å². The van der Waals surface area contributed by atoms with Gasteiger partial charge in [0.15, 0.2) is 0 Å². The normalized spacial score (nSPS) is 10.8. The van der Waals surface area contributed by atoms with Crippen LogP contribution in [0.5, 0.6) is 0 Å². The van der Waals surface area contributed by atoms with Crippen molar-refractivity contribution < 1.29 is 0 Å². The summed E-state index contributed by atoms with van der Waals surface area (Å²) in [5.41, 5.74) is 8.19. The van der Waals surface area contributed by atoms with E-state index in [0.29, 0.717) is 5.92 Å². The number of halogens is 1. The van der Waals surface area contributed by atoms with Gasteiger partial charge < -0.3 is 5.73 Å². The summed E-state index contributed by atoms with van der Waals surface area (Å²) >= 11 is 2.33. The van der Waals surface area contributed by atoms with Crippen LogP contribution in [-0.4, -0.2) is 0 Å². The van der Waals surface area contributed by atoms with Gasteiger partial charge in [-0.3, -0.25) is 0 Å². The Kier molecular flexibility index (Phi) is 4.03. The van der Waals surface area contributed by atoms with Crippen molar-refractivity contribution in [3.63, 3.8) is 0 Å². The lowest BCUT2D eigenvalue weighted by atomic mass is 9.93. The molecule has 0 bridgehead atoms. The maximum Gasteiger partial charge on any atom is 0.0350 e. The van der Waals surface area contributed by atoms with E-state index in [0.717, 1.165) is 5.69 Å². The van der Waals surface area contributed by atoms with Crippen molar-refractivity contribution in [2.45, 2.75) is 32.6 Å². The minimum absolute atomic E-state index is 0.620. The van der Waals surface area contributed by atoms with Gasteiger partial charge in [-0.2, -0.15) is 0 Å². The van der Waals surface area contributed by atoms with Gasteiger partial charge in [-0.15, -0.1) is 0 Å². The van der Waals surface area contributed by atoms with Gasteiger partial charge in [-0.05, 0) is 65.1 Å². The number of hydrogen-bond acceptors (Lipinski definition) is 1. The largest absolute Gasteiger partial charge is 0.398 e. The number of anilines is 1. The number of benzene rings is 1. The van der Waals surface area contributed by atoms with E-state index >= 15 is 0 Å². The van der Waals surface area contributed by atoms with E-state index in [9.17, 15) is 0 Å². The fourth-order valence-electron chi connectivity index (χ4n) is 1.63. The van der Waals surface area contributed by atoms with Crippen molar-refractivity contribution in [2.75, 3.05) is 5.73 Å². The molecule has 0 aliphatic carbocycles. The maximum absolute atomic E-state index is 5.94. The minimum Gasteiger partial charge on any atom is -0.398 e. The molecule has 0 amide bonds. The summed E-state index contributed by atoms with van der Waals surface area (Å²) in [6.45, 7) is 4.43. The molecule has 0 fully saturated rings. The molecule has 0 atom stereocenters. The second-order valence-corrected chi connectivity index (χ2v) is 4.53. The van der Waals surface area contributed by atoms with Crippen LogP contribution in [0.4, 0.5) is 5.69 Å². The molecule has 0 aliphatic heterocycles. The molecule has 1 aromatic carbocycles. The SMILES string of the molecule is CCC(CC)c1cc(I)ccc1N. The summed E-state index contributed by atoms with van der Waals surface area (Å²) in [5, 5.41) is 0. The van der Waals surface area contributed by atoms with Crippen molar-refractivity contribution in [3.8, 4) is 0 Å². The molecular weight excluding hydrogens is 273 g/mol. The Morgan fingerprint density at radius 1 is 1.31 bits per heavy atom. The molecule has 1 rings (SSSR count). The molecule has 0 aliphatic rings. The van der Waals surface area contributed by atoms with E-state index in [1.54, 1.807) is 0 Å². The standard InChI is InChI=1S/C11H16IN/c1-3-8(4-2)10-7-9(12)5-6-11(10)13/h5-8H,3-4,13H2,1-2H3. The first kappa shape index (κ1) is 10.8. The Balaban J connectivity index is 3.03. The molecule has 1 nitrogen and oxygen atoms in total. The first-order valence-electron chi connectivity index (χ1n) is 4.74. The van der Waals surface area contributed by atoms with E-state index < -0.39 is 0 Å². The Morgan fingerprint density at radius 3 is 2.46 bits per heavy atom. The second-order valence-electron chi connectivity index (χ2n) is 3.29. The molecule has 0 saturated carbocycles. The van der Waals surface area contributed by atoms with Crippen LogP contribution < -0.4 is 5.73 Å². The predicted molar refractivity (Wildman–Crippen MR) is 66.9 cm³/mol. The lowest BCUT2D eigenvalue weighted by Gasteiger charge is -2.15. The first-order chi connectivity index (χ1) is 6.19. The highest BCUT2D eigenvalue weighted by molar-refractivity contribution is 14.1. The van der Waals surface area contributed by atoms with Gasteiger partial charge in [0.05, 0.1) is 0 Å². The molecule has 0 saturated heterocycles. The summed E-state index contributed by atoms with van der Waals surface area (Å²) in [4.78, 5) is 0. The van der Waals surface area contributed by atoms with Crippen LogP contribution in [0.15, 0.2) is 18.2 Å². The lowest BCUT2D eigenvalue weighted by Crippen LogP contribution is -2.01. The van der Waals surface area contributed by atoms with Gasteiger partial charge in [-0.25, -0.2) is 0 Å². The van der Waals surface area contributed by atoms with Gasteiger partial charge >= 0.3 is 0 Å². The highest BCUT2D eigenvalue weighted by atomic mass is 127. The fourth-order valence-corrected chi connectivity index (χ4v) is 2.14. The molecule has 2 N–H and O–H groups in total. The van der Waals surface area contributed by atoms with Crippen molar-refractivity contribution in [1.29, 1.82) is 0 Å². The monoisotopic (exact) mass is 289 g/mol. The zero-order chi connectivity index (χ0) is 9.84. The number of hydrogen-bond donors (Lipinski definition) is 1. The summed E-state index contributed by atoms with van der Waals surface area (Å²) in [5.74, 6) is 0.620. The van der Waals surface area contributed by atoms with Crippen LogP contribution in [0, 0.1) is 3.57 Å². The topological polar surface area (TPSA) is 26.0 Å². The van der Waals surface area contributed by atoms with Crippen LogP contribution >= 0.6 is 22.6 Å². The summed E-state index contributed by atoms with van der Waals surface area (Å²) < 4.78 is 1.27. The van der Waals surface area contributed by atoms with Crippen LogP contribution in [0.25, 0.3) is 0 Å². The molecule has 2 heteroatoms. The van der Waals surface area contributed by atoms with E-state index in [1.807, 2.05) is 6.07 Å². The molecule has 0 unspecified atom stereocenters. The Bertz CT molecular complexity index is 279. The first-order valence-corrected chi connectivity index (χ1v) is 5.81. The summed E-state index contributed by atoms with van der Waals surface area (Å²) in [7, 11) is 0. The summed E-state index contributed by atoms with van der Waals surface area (Å²) in [6.07, 6.45) is 2.33. The number of rotatable bonds is 3. The lowest BCUT2D eigenvalue weighted by molar-refractivity contribution is 0.643. The van der Waals surface area contributed by atoms with Gasteiger partial charge in [0.1, 0.15) is 0 Å². The highest BCUT2D eigenvalue weighted by Gasteiger charge is 2.10. The number of nitrogens with two attached hydrogens (primary N) is 1. The zero-order valence-corrected chi connectivity index (χ0v) is 10.3. The minimum atomic E-state index is 0.620. The second kappa shape index (κ2) is 4.84. The van der Waals surface area contributed by atoms with Crippen molar-refractivity contribution in [1.82, 2.24) is 0 Å². The Hall–Kier alpha value is -0.250. The molecule has 0 heterocycles. The average Bonchev–Trinajstić information content (AvgIpc) is 2.13. The third-order valence-corrected chi connectivity index (χ3v) is 3.15.